The first-order valence-electron chi connectivity index (χ1n) is 12.5. The summed E-state index contributed by atoms with van der Waals surface area (Å²) in [5, 5.41) is 2.98. The number of fused-ring (bicyclic) bond motifs is 1. The number of aromatic nitrogens is 2. The molecule has 0 fully saturated rings. The number of nitrogens with zero attached hydrogens (tertiary/aromatic N) is 2. The van der Waals surface area contributed by atoms with E-state index in [0.717, 1.165) is 28.8 Å². The molecule has 0 bridgehead atoms. The maximum Gasteiger partial charge on any atom is 0.251 e. The summed E-state index contributed by atoms with van der Waals surface area (Å²) in [4.78, 5) is 17.6. The Morgan fingerprint density at radius 2 is 1.66 bits per heavy atom. The van der Waals surface area contributed by atoms with Crippen molar-refractivity contribution in [3.8, 4) is 23.0 Å². The van der Waals surface area contributed by atoms with Crippen LogP contribution in [0.3, 0.4) is 0 Å². The lowest BCUT2D eigenvalue weighted by molar-refractivity contribution is 0.0949. The summed E-state index contributed by atoms with van der Waals surface area (Å²) in [7, 11) is 4.74. The monoisotopic (exact) mass is 515 g/mol. The van der Waals surface area contributed by atoms with Gasteiger partial charge in [-0.3, -0.25) is 4.79 Å². The second-order valence-corrected chi connectivity index (χ2v) is 8.53. The predicted molar refractivity (Wildman–Crippen MR) is 148 cm³/mol. The predicted octanol–water partition coefficient (Wildman–Crippen LogP) is 5.49. The molecule has 38 heavy (non-hydrogen) atoms. The number of aryl methyl sites for hydroxylation is 1. The van der Waals surface area contributed by atoms with E-state index in [-0.39, 0.29) is 12.5 Å². The SMILES string of the molecule is C/C=C/c1ccc(OCCCn2c(CNC(=O)c3ccc(OC)c(OC)c3)nc3ccccc32)c(OC)c1. The zero-order valence-electron chi connectivity index (χ0n) is 22.2. The number of hydrogen-bond donors (Lipinski definition) is 1. The highest BCUT2D eigenvalue weighted by atomic mass is 16.5. The van der Waals surface area contributed by atoms with Crippen molar-refractivity contribution in [2.75, 3.05) is 27.9 Å². The summed E-state index contributed by atoms with van der Waals surface area (Å²) in [6, 6.07) is 18.9. The summed E-state index contributed by atoms with van der Waals surface area (Å²) in [5.74, 6) is 3.03. The summed E-state index contributed by atoms with van der Waals surface area (Å²) >= 11 is 0. The molecule has 0 atom stereocenters. The molecule has 1 amide bonds. The summed E-state index contributed by atoms with van der Waals surface area (Å²) in [6.45, 7) is 3.44. The highest BCUT2D eigenvalue weighted by molar-refractivity contribution is 5.94. The molecule has 0 aliphatic carbocycles. The van der Waals surface area contributed by atoms with Crippen molar-refractivity contribution >= 4 is 23.0 Å². The van der Waals surface area contributed by atoms with Gasteiger partial charge in [0.25, 0.3) is 5.91 Å². The number of carbonyl (C=O) groups is 1. The Bertz CT molecular complexity index is 1430. The molecule has 0 aliphatic heterocycles. The Morgan fingerprint density at radius 1 is 0.921 bits per heavy atom. The van der Waals surface area contributed by atoms with Gasteiger partial charge >= 0.3 is 0 Å². The van der Waals surface area contributed by atoms with E-state index in [1.165, 1.54) is 0 Å². The van der Waals surface area contributed by atoms with Gasteiger partial charge in [-0.2, -0.15) is 0 Å². The number of methoxy groups -OCH3 is 3. The van der Waals surface area contributed by atoms with Crippen LogP contribution in [0.5, 0.6) is 23.0 Å². The fourth-order valence-electron chi connectivity index (χ4n) is 4.25. The average Bonchev–Trinajstić information content (AvgIpc) is 3.31. The molecule has 8 heteroatoms. The van der Waals surface area contributed by atoms with E-state index in [1.54, 1.807) is 39.5 Å². The van der Waals surface area contributed by atoms with Crippen LogP contribution in [0.2, 0.25) is 0 Å². The second-order valence-electron chi connectivity index (χ2n) is 8.53. The number of allylic oxidation sites excluding steroid dienone is 1. The van der Waals surface area contributed by atoms with E-state index in [4.69, 9.17) is 23.9 Å². The molecule has 4 rings (SSSR count). The normalized spacial score (nSPS) is 11.1. The number of para-hydroxylation sites is 2. The lowest BCUT2D eigenvalue weighted by Gasteiger charge is -2.13. The van der Waals surface area contributed by atoms with E-state index in [0.29, 0.717) is 41.7 Å². The molecular formula is C30H33N3O5. The van der Waals surface area contributed by atoms with Crippen molar-refractivity contribution < 1.29 is 23.7 Å². The number of benzene rings is 3. The average molecular weight is 516 g/mol. The van der Waals surface area contributed by atoms with Gasteiger partial charge in [0.05, 0.1) is 45.5 Å². The largest absolute Gasteiger partial charge is 0.493 e. The van der Waals surface area contributed by atoms with Gasteiger partial charge in [-0.15, -0.1) is 0 Å². The molecule has 4 aromatic rings. The number of nitrogens with one attached hydrogen (secondary N) is 1. The first kappa shape index (κ1) is 26.6. The van der Waals surface area contributed by atoms with E-state index in [1.807, 2.05) is 61.5 Å². The third-order valence-corrected chi connectivity index (χ3v) is 6.12. The molecule has 0 saturated carbocycles. The van der Waals surface area contributed by atoms with Crippen LogP contribution in [0.15, 0.2) is 66.7 Å². The van der Waals surface area contributed by atoms with Crippen LogP contribution in [-0.2, 0) is 13.1 Å². The molecule has 0 spiro atoms. The molecule has 1 heterocycles. The molecule has 0 unspecified atom stereocenters. The fraction of sp³-hybridized carbons (Fsp3) is 0.267. The maximum atomic E-state index is 12.9. The van der Waals surface area contributed by atoms with Gasteiger partial charge in [0.1, 0.15) is 5.82 Å². The van der Waals surface area contributed by atoms with Gasteiger partial charge in [0, 0.05) is 12.1 Å². The standard InChI is InChI=1S/C30H33N3O5/c1-5-9-21-12-14-26(27(18-21)36-3)38-17-8-16-33-24-11-7-6-10-23(24)32-29(33)20-31-30(34)22-13-15-25(35-2)28(19-22)37-4/h5-7,9-15,18-19H,8,16-17,20H2,1-4H3,(H,31,34)/b9-5+. The molecule has 8 nitrogen and oxygen atoms in total. The molecule has 0 aliphatic rings. The van der Waals surface area contributed by atoms with E-state index < -0.39 is 0 Å². The minimum atomic E-state index is -0.221. The quantitative estimate of drug-likeness (QED) is 0.251. The van der Waals surface area contributed by atoms with E-state index in [2.05, 4.69) is 9.88 Å². The summed E-state index contributed by atoms with van der Waals surface area (Å²) < 4.78 is 24.2. The smallest absolute Gasteiger partial charge is 0.251 e. The molecule has 1 N–H and O–H groups in total. The first-order chi connectivity index (χ1) is 18.6. The molecule has 3 aromatic carbocycles. The van der Waals surface area contributed by atoms with E-state index in [9.17, 15) is 4.79 Å². The van der Waals surface area contributed by atoms with Crippen LogP contribution < -0.4 is 24.3 Å². The van der Waals surface area contributed by atoms with Crippen LogP contribution in [-0.4, -0.2) is 43.4 Å². The lowest BCUT2D eigenvalue weighted by atomic mass is 10.2. The van der Waals surface area contributed by atoms with Gasteiger partial charge in [0.2, 0.25) is 0 Å². The minimum absolute atomic E-state index is 0.221. The topological polar surface area (TPSA) is 83.8 Å². The highest BCUT2D eigenvalue weighted by Crippen LogP contribution is 2.29. The Morgan fingerprint density at radius 3 is 2.42 bits per heavy atom. The third-order valence-electron chi connectivity index (χ3n) is 6.12. The number of hydrogen-bond acceptors (Lipinski definition) is 6. The van der Waals surface area contributed by atoms with Crippen LogP contribution in [0.4, 0.5) is 0 Å². The Balaban J connectivity index is 1.43. The van der Waals surface area contributed by atoms with Crippen molar-refractivity contribution in [1.82, 2.24) is 14.9 Å². The van der Waals surface area contributed by atoms with Crippen molar-refractivity contribution in [3.05, 3.63) is 83.7 Å². The fourth-order valence-corrected chi connectivity index (χ4v) is 4.25. The third kappa shape index (κ3) is 6.08. The number of imidazole rings is 1. The highest BCUT2D eigenvalue weighted by Gasteiger charge is 2.14. The van der Waals surface area contributed by atoms with Crippen molar-refractivity contribution in [3.63, 3.8) is 0 Å². The lowest BCUT2D eigenvalue weighted by Crippen LogP contribution is -2.25. The summed E-state index contributed by atoms with van der Waals surface area (Å²) in [6.07, 6.45) is 4.75. The number of ether oxygens (including phenoxy) is 4. The number of carbonyl (C=O) groups excluding carboxylic acids is 1. The van der Waals surface area contributed by atoms with Gasteiger partial charge in [-0.05, 0) is 61.4 Å². The van der Waals surface area contributed by atoms with Crippen LogP contribution in [0.1, 0.15) is 35.1 Å². The molecule has 0 radical (unpaired) electrons. The molecule has 198 valence electrons. The van der Waals surface area contributed by atoms with Crippen molar-refractivity contribution in [1.29, 1.82) is 0 Å². The molecule has 0 saturated heterocycles. The zero-order valence-corrected chi connectivity index (χ0v) is 22.2. The second kappa shape index (κ2) is 12.7. The van der Waals surface area contributed by atoms with Crippen molar-refractivity contribution in [2.24, 2.45) is 0 Å². The van der Waals surface area contributed by atoms with Gasteiger partial charge in [-0.25, -0.2) is 4.98 Å². The van der Waals surface area contributed by atoms with E-state index >= 15 is 0 Å². The van der Waals surface area contributed by atoms with Gasteiger partial charge in [-0.1, -0.05) is 30.4 Å². The number of amides is 1. The van der Waals surface area contributed by atoms with Gasteiger partial charge < -0.3 is 28.8 Å². The first-order valence-corrected chi connectivity index (χ1v) is 12.5. The van der Waals surface area contributed by atoms with Gasteiger partial charge in [0.15, 0.2) is 23.0 Å². The number of rotatable bonds is 12. The summed E-state index contributed by atoms with van der Waals surface area (Å²) in [5.41, 5.74) is 3.43. The zero-order chi connectivity index (χ0) is 26.9. The Labute approximate surface area is 222 Å². The molecule has 1 aromatic heterocycles. The van der Waals surface area contributed by atoms with Crippen molar-refractivity contribution in [2.45, 2.75) is 26.4 Å². The van der Waals surface area contributed by atoms with Crippen LogP contribution in [0.25, 0.3) is 17.1 Å². The maximum absolute atomic E-state index is 12.9. The Hall–Kier alpha value is -4.46. The van der Waals surface area contributed by atoms with Crippen LogP contribution >= 0.6 is 0 Å². The molecular weight excluding hydrogens is 482 g/mol. The Kier molecular flexibility index (Phi) is 8.87. The van der Waals surface area contributed by atoms with Crippen LogP contribution in [0, 0.1) is 0 Å². The minimum Gasteiger partial charge on any atom is -0.493 e.